The molecule has 0 amide bonds. The van der Waals surface area contributed by atoms with Crippen LogP contribution in [0.2, 0.25) is 0 Å². The number of nitrogens with two attached hydrogens (primary N) is 1. The van der Waals surface area contributed by atoms with Gasteiger partial charge in [0.05, 0.1) is 12.9 Å². The number of benzene rings is 1. The Morgan fingerprint density at radius 1 is 1.33 bits per heavy atom. The molecule has 1 aromatic carbocycles. The van der Waals surface area contributed by atoms with Gasteiger partial charge in [0.1, 0.15) is 6.17 Å². The number of hydrogen-bond acceptors (Lipinski definition) is 4. The summed E-state index contributed by atoms with van der Waals surface area (Å²) >= 11 is 0. The van der Waals surface area contributed by atoms with E-state index < -0.39 is 0 Å². The lowest BCUT2D eigenvalue weighted by Gasteiger charge is -2.28. The lowest BCUT2D eigenvalue weighted by atomic mass is 10.1. The summed E-state index contributed by atoms with van der Waals surface area (Å²) in [7, 11) is 0. The van der Waals surface area contributed by atoms with E-state index >= 15 is 0 Å². The molecule has 0 aromatic heterocycles. The Kier molecular flexibility index (Phi) is 1.97. The predicted octanol–water partition coefficient (Wildman–Crippen LogP) is 0.718. The largest absolute Gasteiger partial charge is 0.340 e. The number of nitrogens with zero attached hydrogens (tertiary/aromatic N) is 3. The van der Waals surface area contributed by atoms with Crippen LogP contribution in [0.5, 0.6) is 0 Å². The van der Waals surface area contributed by atoms with Crippen molar-refractivity contribution in [3.8, 4) is 0 Å². The first-order valence-electron chi connectivity index (χ1n) is 5.21. The van der Waals surface area contributed by atoms with Gasteiger partial charge in [-0.1, -0.05) is 24.3 Å². The smallest absolute Gasteiger partial charge is 0.122 e. The first-order chi connectivity index (χ1) is 7.36. The van der Waals surface area contributed by atoms with Crippen LogP contribution in [0.4, 0.5) is 0 Å². The molecule has 0 saturated heterocycles. The van der Waals surface area contributed by atoms with E-state index in [9.17, 15) is 0 Å². The van der Waals surface area contributed by atoms with Gasteiger partial charge in [0, 0.05) is 13.1 Å². The molecular formula is C11H14N4. The van der Waals surface area contributed by atoms with Crippen molar-refractivity contribution in [2.45, 2.75) is 12.7 Å². The average molecular weight is 202 g/mol. The zero-order chi connectivity index (χ0) is 10.3. The molecule has 1 aromatic rings. The van der Waals surface area contributed by atoms with Gasteiger partial charge in [0.15, 0.2) is 0 Å². The Labute approximate surface area is 89.0 Å². The van der Waals surface area contributed by atoms with Gasteiger partial charge in [-0.05, 0) is 11.1 Å². The standard InChI is InChI=1S/C11H14N4/c12-15-7-9-3-1-2-4-10(9)11(15)14-6-5-13-8-14/h1-4,8,11H,5-7,12H2. The number of rotatable bonds is 1. The van der Waals surface area contributed by atoms with Crippen LogP contribution in [0, 0.1) is 0 Å². The molecule has 1 unspecified atom stereocenters. The Morgan fingerprint density at radius 3 is 3.00 bits per heavy atom. The van der Waals surface area contributed by atoms with E-state index in [0.29, 0.717) is 0 Å². The number of hydrogen-bond donors (Lipinski definition) is 1. The van der Waals surface area contributed by atoms with Crippen LogP contribution in [-0.2, 0) is 6.54 Å². The monoisotopic (exact) mass is 202 g/mol. The number of hydrazine groups is 1. The van der Waals surface area contributed by atoms with E-state index in [1.54, 1.807) is 0 Å². The van der Waals surface area contributed by atoms with Gasteiger partial charge in [-0.25, -0.2) is 5.01 Å². The second-order valence-electron chi connectivity index (χ2n) is 4.00. The van der Waals surface area contributed by atoms with Crippen molar-refractivity contribution < 1.29 is 0 Å². The second-order valence-corrected chi connectivity index (χ2v) is 4.00. The zero-order valence-corrected chi connectivity index (χ0v) is 8.50. The summed E-state index contributed by atoms with van der Waals surface area (Å²) in [6.07, 6.45) is 2.08. The van der Waals surface area contributed by atoms with E-state index in [-0.39, 0.29) is 6.17 Å². The predicted molar refractivity (Wildman–Crippen MR) is 59.0 cm³/mol. The molecular weight excluding hydrogens is 188 g/mol. The van der Waals surface area contributed by atoms with Crippen LogP contribution in [0.15, 0.2) is 29.3 Å². The topological polar surface area (TPSA) is 44.9 Å². The molecule has 2 N–H and O–H groups in total. The molecule has 4 nitrogen and oxygen atoms in total. The molecule has 0 bridgehead atoms. The van der Waals surface area contributed by atoms with Crippen molar-refractivity contribution in [1.29, 1.82) is 0 Å². The normalized spacial score (nSPS) is 24.9. The number of fused-ring (bicyclic) bond motifs is 1. The van der Waals surface area contributed by atoms with Gasteiger partial charge in [-0.15, -0.1) is 0 Å². The third-order valence-electron chi connectivity index (χ3n) is 3.03. The van der Waals surface area contributed by atoms with Crippen molar-refractivity contribution in [2.75, 3.05) is 13.1 Å². The Hall–Kier alpha value is -1.39. The summed E-state index contributed by atoms with van der Waals surface area (Å²) in [4.78, 5) is 6.44. The van der Waals surface area contributed by atoms with Gasteiger partial charge in [0.2, 0.25) is 0 Å². The summed E-state index contributed by atoms with van der Waals surface area (Å²) < 4.78 is 0. The molecule has 4 heteroatoms. The summed E-state index contributed by atoms with van der Waals surface area (Å²) in [6.45, 7) is 2.67. The van der Waals surface area contributed by atoms with Crippen LogP contribution < -0.4 is 5.84 Å². The maximum Gasteiger partial charge on any atom is 0.122 e. The molecule has 3 rings (SSSR count). The molecule has 1 atom stereocenters. The molecule has 78 valence electrons. The fraction of sp³-hybridized carbons (Fsp3) is 0.364. The first kappa shape index (κ1) is 8.88. The highest BCUT2D eigenvalue weighted by molar-refractivity contribution is 5.58. The van der Waals surface area contributed by atoms with Gasteiger partial charge in [0.25, 0.3) is 0 Å². The summed E-state index contributed by atoms with van der Waals surface area (Å²) in [5, 5.41) is 1.88. The lowest BCUT2D eigenvalue weighted by Crippen LogP contribution is -2.39. The number of aliphatic imine (C=N–C) groups is 1. The van der Waals surface area contributed by atoms with E-state index in [0.717, 1.165) is 19.6 Å². The molecule has 0 fully saturated rings. The maximum absolute atomic E-state index is 6.04. The van der Waals surface area contributed by atoms with E-state index in [1.165, 1.54) is 11.1 Å². The van der Waals surface area contributed by atoms with Crippen LogP contribution >= 0.6 is 0 Å². The first-order valence-corrected chi connectivity index (χ1v) is 5.21. The summed E-state index contributed by atoms with van der Waals surface area (Å²) in [6, 6.07) is 8.42. The van der Waals surface area contributed by atoms with Gasteiger partial charge in [-0.3, -0.25) is 10.8 Å². The minimum Gasteiger partial charge on any atom is -0.340 e. The van der Waals surface area contributed by atoms with E-state index in [4.69, 9.17) is 5.84 Å². The second kappa shape index (κ2) is 3.32. The highest BCUT2D eigenvalue weighted by atomic mass is 15.5. The lowest BCUT2D eigenvalue weighted by molar-refractivity contribution is 0.117. The third kappa shape index (κ3) is 1.33. The van der Waals surface area contributed by atoms with Crippen LogP contribution in [-0.4, -0.2) is 29.3 Å². The summed E-state index contributed by atoms with van der Waals surface area (Å²) in [5.41, 5.74) is 2.64. The molecule has 15 heavy (non-hydrogen) atoms. The third-order valence-corrected chi connectivity index (χ3v) is 3.03. The van der Waals surface area contributed by atoms with Gasteiger partial charge >= 0.3 is 0 Å². The minimum atomic E-state index is 0.174. The highest BCUT2D eigenvalue weighted by Crippen LogP contribution is 2.33. The van der Waals surface area contributed by atoms with Crippen molar-refractivity contribution in [2.24, 2.45) is 10.8 Å². The zero-order valence-electron chi connectivity index (χ0n) is 8.50. The van der Waals surface area contributed by atoms with Crippen molar-refractivity contribution in [3.05, 3.63) is 35.4 Å². The molecule has 0 radical (unpaired) electrons. The van der Waals surface area contributed by atoms with Crippen molar-refractivity contribution in [3.63, 3.8) is 0 Å². The summed E-state index contributed by atoms with van der Waals surface area (Å²) in [5.74, 6) is 6.04. The van der Waals surface area contributed by atoms with Crippen LogP contribution in [0.25, 0.3) is 0 Å². The molecule has 2 heterocycles. The molecule has 2 aliphatic rings. The Bertz CT molecular complexity index is 401. The maximum atomic E-state index is 6.04. The SMILES string of the molecule is NN1Cc2ccccc2C1N1C=NCC1. The van der Waals surface area contributed by atoms with E-state index in [2.05, 4.69) is 34.2 Å². The van der Waals surface area contributed by atoms with Gasteiger partial charge < -0.3 is 4.90 Å². The van der Waals surface area contributed by atoms with E-state index in [1.807, 2.05) is 11.3 Å². The fourth-order valence-corrected chi connectivity index (χ4v) is 2.34. The average Bonchev–Trinajstić information content (AvgIpc) is 2.82. The minimum absolute atomic E-state index is 0.174. The Morgan fingerprint density at radius 2 is 2.20 bits per heavy atom. The molecule has 0 saturated carbocycles. The highest BCUT2D eigenvalue weighted by Gasteiger charge is 2.32. The van der Waals surface area contributed by atoms with Crippen molar-refractivity contribution >= 4 is 6.34 Å². The van der Waals surface area contributed by atoms with Crippen LogP contribution in [0.3, 0.4) is 0 Å². The molecule has 0 aliphatic carbocycles. The van der Waals surface area contributed by atoms with Crippen LogP contribution in [0.1, 0.15) is 17.3 Å². The Balaban J connectivity index is 1.98. The molecule has 0 spiro atoms. The van der Waals surface area contributed by atoms with Crippen molar-refractivity contribution in [1.82, 2.24) is 9.91 Å². The van der Waals surface area contributed by atoms with Gasteiger partial charge in [-0.2, -0.15) is 0 Å². The fourth-order valence-electron chi connectivity index (χ4n) is 2.34. The quantitative estimate of drug-likeness (QED) is 0.682. The molecule has 2 aliphatic heterocycles.